The second-order valence-corrected chi connectivity index (χ2v) is 7.87. The number of imide groups is 1. The molecule has 0 radical (unpaired) electrons. The highest BCUT2D eigenvalue weighted by atomic mass is 79.9. The summed E-state index contributed by atoms with van der Waals surface area (Å²) < 4.78 is 6.15. The Morgan fingerprint density at radius 3 is 2.67 bits per heavy atom. The molecule has 8 heteroatoms. The fourth-order valence-electron chi connectivity index (χ4n) is 4.05. The molecule has 27 heavy (non-hydrogen) atoms. The minimum absolute atomic E-state index is 0.141. The van der Waals surface area contributed by atoms with E-state index in [-0.39, 0.29) is 12.5 Å². The van der Waals surface area contributed by atoms with Crippen molar-refractivity contribution in [2.45, 2.75) is 31.8 Å². The van der Waals surface area contributed by atoms with E-state index >= 15 is 0 Å². The molecule has 2 N–H and O–H groups in total. The number of nitrogens with zero attached hydrogens (tertiary/aromatic N) is 1. The number of amides is 3. The van der Waals surface area contributed by atoms with Crippen LogP contribution in [0.5, 0.6) is 0 Å². The van der Waals surface area contributed by atoms with Crippen LogP contribution in [0, 0.1) is 5.92 Å². The molecule has 3 aliphatic rings. The highest BCUT2D eigenvalue weighted by molar-refractivity contribution is 9.10. The summed E-state index contributed by atoms with van der Waals surface area (Å²) in [5, 5.41) is 5.71. The van der Waals surface area contributed by atoms with Gasteiger partial charge in [0, 0.05) is 16.9 Å². The zero-order valence-electron chi connectivity index (χ0n) is 14.8. The van der Waals surface area contributed by atoms with Crippen LogP contribution in [0.15, 0.2) is 40.0 Å². The standard InChI is InChI=1S/C19H20BrN3O4/c1-2-3-8-23-16-15(17(24)22-19(23)26)13(10-4-6-11(20)7-5-10)14-12(21-16)9-27-18(14)25/h4-7,13,15-16,21H,2-3,8-9H2,1H3,(H,22,24,26). The Kier molecular flexibility index (Phi) is 4.67. The van der Waals surface area contributed by atoms with Gasteiger partial charge in [0.2, 0.25) is 5.91 Å². The van der Waals surface area contributed by atoms with Gasteiger partial charge in [0.05, 0.1) is 17.2 Å². The molecule has 1 saturated heterocycles. The number of unbranched alkanes of at least 4 members (excludes halogenated alkanes) is 1. The number of hydrogen-bond acceptors (Lipinski definition) is 5. The van der Waals surface area contributed by atoms with E-state index in [1.165, 1.54) is 0 Å². The second kappa shape index (κ2) is 6.99. The molecule has 0 spiro atoms. The van der Waals surface area contributed by atoms with Crippen LogP contribution < -0.4 is 10.6 Å². The van der Waals surface area contributed by atoms with Crippen molar-refractivity contribution in [3.63, 3.8) is 0 Å². The van der Waals surface area contributed by atoms with Gasteiger partial charge < -0.3 is 15.0 Å². The van der Waals surface area contributed by atoms with Crippen LogP contribution >= 0.6 is 15.9 Å². The number of rotatable bonds is 4. The number of fused-ring (bicyclic) bond motifs is 1. The Morgan fingerprint density at radius 1 is 1.22 bits per heavy atom. The maximum Gasteiger partial charge on any atom is 0.336 e. The number of halogens is 1. The Hall–Kier alpha value is -2.35. The minimum atomic E-state index is -0.606. The summed E-state index contributed by atoms with van der Waals surface area (Å²) in [5.74, 6) is -1.85. The lowest BCUT2D eigenvalue weighted by atomic mass is 9.74. The summed E-state index contributed by atoms with van der Waals surface area (Å²) in [6.07, 6.45) is 1.26. The van der Waals surface area contributed by atoms with Crippen LogP contribution in [0.4, 0.5) is 4.79 Å². The summed E-state index contributed by atoms with van der Waals surface area (Å²) in [6, 6.07) is 7.16. The number of carbonyl (C=O) groups excluding carboxylic acids is 3. The van der Waals surface area contributed by atoms with Gasteiger partial charge in [0.25, 0.3) is 0 Å². The third kappa shape index (κ3) is 3.01. The maximum atomic E-state index is 12.8. The molecule has 7 nitrogen and oxygen atoms in total. The van der Waals surface area contributed by atoms with Crippen molar-refractivity contribution in [1.29, 1.82) is 0 Å². The minimum Gasteiger partial charge on any atom is -0.456 e. The van der Waals surface area contributed by atoms with Crippen molar-refractivity contribution in [2.24, 2.45) is 5.92 Å². The summed E-state index contributed by atoms with van der Waals surface area (Å²) in [7, 11) is 0. The fraction of sp³-hybridized carbons (Fsp3) is 0.421. The van der Waals surface area contributed by atoms with E-state index < -0.39 is 30.0 Å². The molecule has 0 aliphatic carbocycles. The van der Waals surface area contributed by atoms with E-state index in [1.807, 2.05) is 31.2 Å². The van der Waals surface area contributed by atoms with E-state index in [2.05, 4.69) is 26.6 Å². The van der Waals surface area contributed by atoms with Crippen molar-refractivity contribution in [1.82, 2.24) is 15.5 Å². The molecule has 3 heterocycles. The van der Waals surface area contributed by atoms with Crippen molar-refractivity contribution < 1.29 is 19.1 Å². The van der Waals surface area contributed by atoms with E-state index in [1.54, 1.807) is 4.90 Å². The molecule has 3 atom stereocenters. The van der Waals surface area contributed by atoms with Crippen LogP contribution in [-0.4, -0.2) is 42.1 Å². The number of carbonyl (C=O) groups is 3. The largest absolute Gasteiger partial charge is 0.456 e. The van der Waals surface area contributed by atoms with Gasteiger partial charge >= 0.3 is 12.0 Å². The fourth-order valence-corrected chi connectivity index (χ4v) is 4.31. The van der Waals surface area contributed by atoms with E-state index in [9.17, 15) is 14.4 Å². The number of urea groups is 1. The average Bonchev–Trinajstić information content (AvgIpc) is 3.01. The normalized spacial score (nSPS) is 27.0. The maximum absolute atomic E-state index is 12.8. The summed E-state index contributed by atoms with van der Waals surface area (Å²) in [5.41, 5.74) is 2.00. The number of ether oxygens (including phenoxy) is 1. The van der Waals surface area contributed by atoms with Crippen LogP contribution in [0.1, 0.15) is 31.2 Å². The summed E-state index contributed by atoms with van der Waals surface area (Å²) in [4.78, 5) is 39.3. The molecule has 4 rings (SSSR count). The van der Waals surface area contributed by atoms with Crippen LogP contribution in [0.3, 0.4) is 0 Å². The quantitative estimate of drug-likeness (QED) is 0.710. The van der Waals surface area contributed by atoms with Crippen LogP contribution in [0.25, 0.3) is 0 Å². The molecule has 142 valence electrons. The lowest BCUT2D eigenvalue weighted by Crippen LogP contribution is -2.67. The first-order valence-electron chi connectivity index (χ1n) is 9.05. The molecule has 0 saturated carbocycles. The predicted molar refractivity (Wildman–Crippen MR) is 100 cm³/mol. The van der Waals surface area contributed by atoms with Gasteiger partial charge in [-0.3, -0.25) is 10.1 Å². The molecule has 1 aromatic carbocycles. The third-order valence-electron chi connectivity index (χ3n) is 5.34. The van der Waals surface area contributed by atoms with Gasteiger partial charge in [0.1, 0.15) is 12.8 Å². The first-order chi connectivity index (χ1) is 13.0. The van der Waals surface area contributed by atoms with Crippen molar-refractivity contribution in [3.8, 4) is 0 Å². The Bertz CT molecular complexity index is 836. The first kappa shape index (κ1) is 18.0. The molecular weight excluding hydrogens is 414 g/mol. The van der Waals surface area contributed by atoms with Gasteiger partial charge in [-0.2, -0.15) is 0 Å². The van der Waals surface area contributed by atoms with Crippen molar-refractivity contribution in [2.75, 3.05) is 13.2 Å². The molecule has 3 aliphatic heterocycles. The highest BCUT2D eigenvalue weighted by Gasteiger charge is 2.53. The molecule has 0 bridgehead atoms. The Morgan fingerprint density at radius 2 is 1.96 bits per heavy atom. The molecule has 1 fully saturated rings. The van der Waals surface area contributed by atoms with E-state index in [4.69, 9.17) is 4.74 Å². The topological polar surface area (TPSA) is 87.7 Å². The monoisotopic (exact) mass is 433 g/mol. The Balaban J connectivity index is 1.81. The first-order valence-corrected chi connectivity index (χ1v) is 9.84. The number of cyclic esters (lactones) is 1. The smallest absolute Gasteiger partial charge is 0.336 e. The zero-order chi connectivity index (χ0) is 19.1. The van der Waals surface area contributed by atoms with Crippen LogP contribution in [0.2, 0.25) is 0 Å². The SMILES string of the molecule is CCCCN1C(=O)NC(=O)C2C(c3ccc(Br)cc3)C3=C(COC3=O)NC21. The van der Waals surface area contributed by atoms with E-state index in [0.717, 1.165) is 22.9 Å². The third-order valence-corrected chi connectivity index (χ3v) is 5.86. The van der Waals surface area contributed by atoms with Crippen molar-refractivity contribution >= 4 is 33.8 Å². The molecular formula is C19H20BrN3O4. The second-order valence-electron chi connectivity index (χ2n) is 6.95. The molecule has 1 aromatic rings. The lowest BCUT2D eigenvalue weighted by molar-refractivity contribution is -0.136. The number of nitrogens with one attached hydrogen (secondary N) is 2. The Labute approximate surface area is 165 Å². The predicted octanol–water partition coefficient (Wildman–Crippen LogP) is 2.24. The lowest BCUT2D eigenvalue weighted by Gasteiger charge is -2.46. The summed E-state index contributed by atoms with van der Waals surface area (Å²) in [6.45, 7) is 2.73. The van der Waals surface area contributed by atoms with Gasteiger partial charge in [0.15, 0.2) is 0 Å². The molecule has 3 amide bonds. The highest BCUT2D eigenvalue weighted by Crippen LogP contribution is 2.44. The van der Waals surface area contributed by atoms with Crippen molar-refractivity contribution in [3.05, 3.63) is 45.6 Å². The number of hydrogen-bond donors (Lipinski definition) is 2. The number of esters is 1. The van der Waals surface area contributed by atoms with Crippen LogP contribution in [-0.2, 0) is 14.3 Å². The van der Waals surface area contributed by atoms with Gasteiger partial charge in [-0.15, -0.1) is 0 Å². The molecule has 3 unspecified atom stereocenters. The zero-order valence-corrected chi connectivity index (χ0v) is 16.4. The average molecular weight is 434 g/mol. The van der Waals surface area contributed by atoms with Gasteiger partial charge in [-0.1, -0.05) is 41.4 Å². The van der Waals surface area contributed by atoms with Gasteiger partial charge in [-0.25, -0.2) is 9.59 Å². The van der Waals surface area contributed by atoms with E-state index in [0.29, 0.717) is 17.8 Å². The van der Waals surface area contributed by atoms with Gasteiger partial charge in [-0.05, 0) is 24.1 Å². The molecule has 0 aromatic heterocycles. The number of benzene rings is 1. The summed E-state index contributed by atoms with van der Waals surface area (Å²) >= 11 is 3.42.